The Hall–Kier alpha value is -2.62. The molecule has 148 valence electrons. The number of amides is 1. The summed E-state index contributed by atoms with van der Waals surface area (Å²) in [5.74, 6) is -1.90. The number of sulfonamides is 1. The minimum absolute atomic E-state index is 0.127. The maximum absolute atomic E-state index is 14.2. The van der Waals surface area contributed by atoms with Gasteiger partial charge in [-0.05, 0) is 42.0 Å². The monoisotopic (exact) mass is 408 g/mol. The molecule has 3 rings (SSSR count). The van der Waals surface area contributed by atoms with Gasteiger partial charge in [-0.25, -0.2) is 17.2 Å². The fourth-order valence-corrected chi connectivity index (χ4v) is 4.17. The number of carbonyl (C=O) groups excluding carboxylic acids is 1. The highest BCUT2D eigenvalue weighted by Gasteiger charge is 2.29. The van der Waals surface area contributed by atoms with Gasteiger partial charge in [0.15, 0.2) is 0 Å². The molecule has 1 aliphatic heterocycles. The predicted octanol–water partition coefficient (Wildman–Crippen LogP) is 2.64. The van der Waals surface area contributed by atoms with Gasteiger partial charge in [-0.15, -0.1) is 0 Å². The number of morpholine rings is 1. The Labute approximate surface area is 161 Å². The summed E-state index contributed by atoms with van der Waals surface area (Å²) in [5, 5.41) is 2.48. The zero-order valence-electron chi connectivity index (χ0n) is 14.8. The van der Waals surface area contributed by atoms with Crippen LogP contribution in [-0.2, 0) is 19.6 Å². The van der Waals surface area contributed by atoms with Crippen LogP contribution in [0, 0.1) is 11.6 Å². The van der Waals surface area contributed by atoms with Gasteiger partial charge in [0.1, 0.15) is 16.5 Å². The second-order valence-electron chi connectivity index (χ2n) is 6.04. The largest absolute Gasteiger partial charge is 0.379 e. The van der Waals surface area contributed by atoms with Gasteiger partial charge in [0.05, 0.1) is 13.2 Å². The average molecular weight is 408 g/mol. The fourth-order valence-electron chi connectivity index (χ4n) is 2.67. The lowest BCUT2D eigenvalue weighted by Crippen LogP contribution is -2.40. The van der Waals surface area contributed by atoms with E-state index in [2.05, 4.69) is 5.32 Å². The number of nitrogens with zero attached hydrogens (tertiary/aromatic N) is 1. The molecule has 1 fully saturated rings. The molecule has 28 heavy (non-hydrogen) atoms. The van der Waals surface area contributed by atoms with Crippen LogP contribution in [0.25, 0.3) is 6.08 Å². The van der Waals surface area contributed by atoms with E-state index < -0.39 is 32.5 Å². The third kappa shape index (κ3) is 4.80. The minimum Gasteiger partial charge on any atom is -0.379 e. The Morgan fingerprint density at radius 2 is 1.86 bits per heavy atom. The molecule has 1 saturated heterocycles. The Morgan fingerprint density at radius 3 is 2.57 bits per heavy atom. The average Bonchev–Trinajstić information content (AvgIpc) is 2.68. The summed E-state index contributed by atoms with van der Waals surface area (Å²) < 4.78 is 58.9. The Bertz CT molecular complexity index is 1000. The van der Waals surface area contributed by atoms with E-state index in [1.807, 2.05) is 0 Å². The third-order valence-electron chi connectivity index (χ3n) is 4.06. The standard InChI is InChI=1S/C19H18F2N2O4S/c20-15-3-1-2-14(12-15)4-7-19(24)22-16-5-6-17(21)18(13-16)28(25,26)23-8-10-27-11-9-23/h1-7,12-13H,8-11H2,(H,22,24)/b7-4+. The Kier molecular flexibility index (Phi) is 6.18. The van der Waals surface area contributed by atoms with Crippen molar-refractivity contribution in [3.05, 3.63) is 65.7 Å². The molecule has 2 aromatic rings. The minimum atomic E-state index is -4.04. The highest BCUT2D eigenvalue weighted by molar-refractivity contribution is 7.89. The van der Waals surface area contributed by atoms with Crippen molar-refractivity contribution >= 4 is 27.7 Å². The molecule has 1 aliphatic rings. The molecule has 9 heteroatoms. The van der Waals surface area contributed by atoms with E-state index in [1.54, 1.807) is 6.07 Å². The molecule has 1 heterocycles. The first-order valence-electron chi connectivity index (χ1n) is 8.48. The molecule has 0 unspecified atom stereocenters. The maximum atomic E-state index is 14.2. The van der Waals surface area contributed by atoms with Crippen LogP contribution in [0.3, 0.4) is 0 Å². The number of carbonyl (C=O) groups is 1. The van der Waals surface area contributed by atoms with Crippen molar-refractivity contribution < 1.29 is 26.7 Å². The van der Waals surface area contributed by atoms with E-state index >= 15 is 0 Å². The van der Waals surface area contributed by atoms with E-state index in [1.165, 1.54) is 36.4 Å². The van der Waals surface area contributed by atoms with Crippen molar-refractivity contribution in [1.29, 1.82) is 0 Å². The lowest BCUT2D eigenvalue weighted by molar-refractivity contribution is -0.111. The van der Waals surface area contributed by atoms with Crippen LogP contribution < -0.4 is 5.32 Å². The van der Waals surface area contributed by atoms with Crippen LogP contribution in [0.2, 0.25) is 0 Å². The van der Waals surface area contributed by atoms with Gasteiger partial charge in [0, 0.05) is 24.9 Å². The van der Waals surface area contributed by atoms with Gasteiger partial charge in [-0.1, -0.05) is 12.1 Å². The van der Waals surface area contributed by atoms with Gasteiger partial charge in [-0.3, -0.25) is 4.79 Å². The topological polar surface area (TPSA) is 75.7 Å². The van der Waals surface area contributed by atoms with Crippen molar-refractivity contribution in [2.24, 2.45) is 0 Å². The Balaban J connectivity index is 1.76. The zero-order valence-corrected chi connectivity index (χ0v) is 15.6. The van der Waals surface area contributed by atoms with Crippen LogP contribution in [0.1, 0.15) is 5.56 Å². The first kappa shape index (κ1) is 20.1. The van der Waals surface area contributed by atoms with Crippen LogP contribution in [-0.4, -0.2) is 44.9 Å². The quantitative estimate of drug-likeness (QED) is 0.772. The lowest BCUT2D eigenvalue weighted by Gasteiger charge is -2.26. The molecule has 1 N–H and O–H groups in total. The molecule has 0 radical (unpaired) electrons. The summed E-state index contributed by atoms with van der Waals surface area (Å²) in [7, 11) is -4.04. The number of benzene rings is 2. The van der Waals surface area contributed by atoms with E-state index in [0.717, 1.165) is 16.4 Å². The molecular formula is C19H18F2N2O4S. The molecule has 0 bridgehead atoms. The fraction of sp³-hybridized carbons (Fsp3) is 0.211. The summed E-state index contributed by atoms with van der Waals surface area (Å²) in [6.45, 7) is 0.744. The molecule has 6 nitrogen and oxygen atoms in total. The van der Waals surface area contributed by atoms with Crippen molar-refractivity contribution in [3.63, 3.8) is 0 Å². The van der Waals surface area contributed by atoms with Crippen molar-refractivity contribution in [2.45, 2.75) is 4.90 Å². The third-order valence-corrected chi connectivity index (χ3v) is 5.98. The molecular weight excluding hydrogens is 390 g/mol. The van der Waals surface area contributed by atoms with E-state index in [0.29, 0.717) is 5.56 Å². The first-order valence-corrected chi connectivity index (χ1v) is 9.92. The van der Waals surface area contributed by atoms with E-state index in [-0.39, 0.29) is 32.0 Å². The normalized spacial score (nSPS) is 15.6. The second kappa shape index (κ2) is 8.59. The summed E-state index contributed by atoms with van der Waals surface area (Å²) in [5.41, 5.74) is 0.618. The SMILES string of the molecule is O=C(/C=C/c1cccc(F)c1)Nc1ccc(F)c(S(=O)(=O)N2CCOCC2)c1. The van der Waals surface area contributed by atoms with E-state index in [4.69, 9.17) is 4.74 Å². The van der Waals surface area contributed by atoms with Crippen LogP contribution in [0.15, 0.2) is 53.4 Å². The maximum Gasteiger partial charge on any atom is 0.248 e. The van der Waals surface area contributed by atoms with Crippen LogP contribution >= 0.6 is 0 Å². The highest BCUT2D eigenvalue weighted by atomic mass is 32.2. The Morgan fingerprint density at radius 1 is 1.11 bits per heavy atom. The highest BCUT2D eigenvalue weighted by Crippen LogP contribution is 2.24. The van der Waals surface area contributed by atoms with Crippen molar-refractivity contribution in [3.8, 4) is 0 Å². The molecule has 1 amide bonds. The number of hydrogen-bond donors (Lipinski definition) is 1. The molecule has 0 saturated carbocycles. The van der Waals surface area contributed by atoms with Crippen LogP contribution in [0.4, 0.5) is 14.5 Å². The summed E-state index contributed by atoms with van der Waals surface area (Å²) in [6, 6.07) is 9.00. The molecule has 2 aromatic carbocycles. The second-order valence-corrected chi connectivity index (χ2v) is 7.95. The predicted molar refractivity (Wildman–Crippen MR) is 100 cm³/mol. The summed E-state index contributed by atoms with van der Waals surface area (Å²) in [6.07, 6.45) is 2.58. The van der Waals surface area contributed by atoms with Gasteiger partial charge < -0.3 is 10.1 Å². The molecule has 0 atom stereocenters. The molecule has 0 aliphatic carbocycles. The van der Waals surface area contributed by atoms with Gasteiger partial charge in [-0.2, -0.15) is 4.31 Å². The summed E-state index contributed by atoms with van der Waals surface area (Å²) >= 11 is 0. The van der Waals surface area contributed by atoms with Gasteiger partial charge in [0.2, 0.25) is 15.9 Å². The number of rotatable bonds is 5. The number of nitrogens with one attached hydrogen (secondary N) is 1. The number of ether oxygens (including phenoxy) is 1. The zero-order chi connectivity index (χ0) is 20.1. The van der Waals surface area contributed by atoms with Gasteiger partial charge >= 0.3 is 0 Å². The summed E-state index contributed by atoms with van der Waals surface area (Å²) in [4.78, 5) is 11.5. The number of anilines is 1. The number of hydrogen-bond acceptors (Lipinski definition) is 4. The number of halogens is 2. The smallest absolute Gasteiger partial charge is 0.248 e. The van der Waals surface area contributed by atoms with Crippen LogP contribution in [0.5, 0.6) is 0 Å². The van der Waals surface area contributed by atoms with Crippen molar-refractivity contribution in [2.75, 3.05) is 31.6 Å². The van der Waals surface area contributed by atoms with Crippen molar-refractivity contribution in [1.82, 2.24) is 4.31 Å². The first-order chi connectivity index (χ1) is 13.4. The van der Waals surface area contributed by atoms with E-state index in [9.17, 15) is 22.0 Å². The van der Waals surface area contributed by atoms with Gasteiger partial charge in [0.25, 0.3) is 0 Å². The lowest BCUT2D eigenvalue weighted by atomic mass is 10.2. The molecule has 0 aromatic heterocycles. The molecule has 0 spiro atoms.